The molecule has 1 fully saturated rings. The third-order valence-corrected chi connectivity index (χ3v) is 6.44. The highest BCUT2D eigenvalue weighted by Crippen LogP contribution is 2.23. The zero-order valence-corrected chi connectivity index (χ0v) is 18.7. The summed E-state index contributed by atoms with van der Waals surface area (Å²) in [6.45, 7) is 1.99. The van der Waals surface area contributed by atoms with Gasteiger partial charge in [-0.3, -0.25) is 4.79 Å². The number of amides is 1. The molecule has 1 aliphatic carbocycles. The first kappa shape index (κ1) is 22.0. The quantitative estimate of drug-likeness (QED) is 0.724. The van der Waals surface area contributed by atoms with Crippen LogP contribution in [0.5, 0.6) is 0 Å². The maximum absolute atomic E-state index is 12.5. The average molecular weight is 432 g/mol. The molecular formula is C21H29N5O3S. The standard InChI is InChI=1S/C21H29N5O3S/c1-14-13-22-21(25-19(14)26(2)3)24-17-9-7-16(8-10-17)23-20(27)15-5-11-18(12-6-15)30(4,28)29/h5-6,11-13,16-17H,7-10H2,1-4H3,(H,23,27)(H,22,24,25)/t16-,17+. The number of anilines is 2. The van der Waals surface area contributed by atoms with Crippen LogP contribution in [0, 0.1) is 6.92 Å². The minimum absolute atomic E-state index is 0.0985. The van der Waals surface area contributed by atoms with Crippen LogP contribution >= 0.6 is 0 Å². The van der Waals surface area contributed by atoms with Gasteiger partial charge in [0.2, 0.25) is 5.95 Å². The Kier molecular flexibility index (Phi) is 6.60. The third-order valence-electron chi connectivity index (χ3n) is 5.31. The zero-order chi connectivity index (χ0) is 21.9. The van der Waals surface area contributed by atoms with Crippen LogP contribution in [0.3, 0.4) is 0 Å². The van der Waals surface area contributed by atoms with E-state index in [-0.39, 0.29) is 22.9 Å². The number of hydrogen-bond acceptors (Lipinski definition) is 7. The van der Waals surface area contributed by atoms with E-state index in [9.17, 15) is 13.2 Å². The lowest BCUT2D eigenvalue weighted by atomic mass is 9.91. The van der Waals surface area contributed by atoms with Crippen molar-refractivity contribution in [2.24, 2.45) is 0 Å². The smallest absolute Gasteiger partial charge is 0.251 e. The molecule has 2 aromatic rings. The van der Waals surface area contributed by atoms with Crippen molar-refractivity contribution in [1.29, 1.82) is 0 Å². The molecule has 1 aliphatic rings. The molecule has 0 atom stereocenters. The molecule has 0 radical (unpaired) electrons. The molecule has 1 aromatic carbocycles. The van der Waals surface area contributed by atoms with Gasteiger partial charge in [-0.1, -0.05) is 0 Å². The Hall–Kier alpha value is -2.68. The van der Waals surface area contributed by atoms with Crippen LogP contribution < -0.4 is 15.5 Å². The average Bonchev–Trinajstić information content (AvgIpc) is 2.70. The summed E-state index contributed by atoms with van der Waals surface area (Å²) in [5.41, 5.74) is 1.49. The summed E-state index contributed by atoms with van der Waals surface area (Å²) in [4.78, 5) is 23.6. The van der Waals surface area contributed by atoms with Crippen molar-refractivity contribution in [2.45, 2.75) is 49.6 Å². The van der Waals surface area contributed by atoms with Crippen LogP contribution in [-0.4, -0.2) is 56.7 Å². The highest BCUT2D eigenvalue weighted by Gasteiger charge is 2.23. The molecule has 1 amide bonds. The second-order valence-corrected chi connectivity index (χ2v) is 10.1. The maximum Gasteiger partial charge on any atom is 0.251 e. The van der Waals surface area contributed by atoms with Gasteiger partial charge in [0.1, 0.15) is 5.82 Å². The molecule has 2 N–H and O–H groups in total. The molecule has 0 spiro atoms. The molecule has 0 unspecified atom stereocenters. The van der Waals surface area contributed by atoms with Gasteiger partial charge in [-0.05, 0) is 56.9 Å². The number of nitrogens with zero attached hydrogens (tertiary/aromatic N) is 3. The first-order valence-corrected chi connectivity index (χ1v) is 11.9. The first-order chi connectivity index (χ1) is 14.1. The number of sulfone groups is 1. The second kappa shape index (κ2) is 8.99. The lowest BCUT2D eigenvalue weighted by molar-refractivity contribution is 0.0926. The molecule has 0 bridgehead atoms. The van der Waals surface area contributed by atoms with Crippen LogP contribution in [0.15, 0.2) is 35.4 Å². The van der Waals surface area contributed by atoms with Gasteiger partial charge in [-0.15, -0.1) is 0 Å². The molecule has 1 saturated carbocycles. The van der Waals surface area contributed by atoms with Gasteiger partial charge in [0.05, 0.1) is 4.90 Å². The molecule has 8 nitrogen and oxygen atoms in total. The Labute approximate surface area is 178 Å². The Morgan fingerprint density at radius 2 is 1.67 bits per heavy atom. The van der Waals surface area contributed by atoms with E-state index in [2.05, 4.69) is 20.6 Å². The molecule has 30 heavy (non-hydrogen) atoms. The SMILES string of the molecule is Cc1cnc(N[C@H]2CC[C@@H](NC(=O)c3ccc(S(C)(=O)=O)cc3)CC2)nc1N(C)C. The summed E-state index contributed by atoms with van der Waals surface area (Å²) in [7, 11) is 0.654. The number of aromatic nitrogens is 2. The van der Waals surface area contributed by atoms with E-state index >= 15 is 0 Å². The normalized spacial score (nSPS) is 19.2. The summed E-state index contributed by atoms with van der Waals surface area (Å²) in [6, 6.07) is 6.40. The molecule has 0 aliphatic heterocycles. The Balaban J connectivity index is 1.52. The van der Waals surface area contributed by atoms with Gasteiger partial charge in [0, 0.05) is 49.8 Å². The largest absolute Gasteiger partial charge is 0.362 e. The number of nitrogens with one attached hydrogen (secondary N) is 2. The molecule has 1 aromatic heterocycles. The van der Waals surface area contributed by atoms with Crippen LogP contribution in [-0.2, 0) is 9.84 Å². The number of carbonyl (C=O) groups excluding carboxylic acids is 1. The Bertz CT molecular complexity index is 998. The third kappa shape index (κ3) is 5.47. The Morgan fingerprint density at radius 1 is 1.07 bits per heavy atom. The highest BCUT2D eigenvalue weighted by molar-refractivity contribution is 7.90. The fourth-order valence-electron chi connectivity index (χ4n) is 3.64. The number of benzene rings is 1. The molecular weight excluding hydrogens is 402 g/mol. The molecule has 1 heterocycles. The van der Waals surface area contributed by atoms with Crippen molar-refractivity contribution < 1.29 is 13.2 Å². The van der Waals surface area contributed by atoms with Crippen molar-refractivity contribution in [2.75, 3.05) is 30.6 Å². The fraction of sp³-hybridized carbons (Fsp3) is 0.476. The van der Waals surface area contributed by atoms with Crippen molar-refractivity contribution in [3.05, 3.63) is 41.6 Å². The van der Waals surface area contributed by atoms with Gasteiger partial charge in [0.15, 0.2) is 9.84 Å². The number of aryl methyl sites for hydroxylation is 1. The fourth-order valence-corrected chi connectivity index (χ4v) is 4.27. The summed E-state index contributed by atoms with van der Waals surface area (Å²) in [5.74, 6) is 1.35. The predicted octanol–water partition coefficient (Wildman–Crippen LogP) is 2.41. The van der Waals surface area contributed by atoms with E-state index in [1.165, 1.54) is 12.1 Å². The Morgan fingerprint density at radius 3 is 2.23 bits per heavy atom. The predicted molar refractivity (Wildman–Crippen MR) is 118 cm³/mol. The molecule has 9 heteroatoms. The molecule has 0 saturated heterocycles. The van der Waals surface area contributed by atoms with E-state index in [4.69, 9.17) is 0 Å². The minimum atomic E-state index is -3.27. The maximum atomic E-state index is 12.5. The number of rotatable bonds is 6. The second-order valence-electron chi connectivity index (χ2n) is 8.06. The lowest BCUT2D eigenvalue weighted by Gasteiger charge is -2.30. The first-order valence-electron chi connectivity index (χ1n) is 10.0. The van der Waals surface area contributed by atoms with Crippen LogP contribution in [0.4, 0.5) is 11.8 Å². The molecule has 162 valence electrons. The van der Waals surface area contributed by atoms with Gasteiger partial charge >= 0.3 is 0 Å². The lowest BCUT2D eigenvalue weighted by Crippen LogP contribution is -2.40. The highest BCUT2D eigenvalue weighted by atomic mass is 32.2. The van der Waals surface area contributed by atoms with Crippen molar-refractivity contribution in [1.82, 2.24) is 15.3 Å². The van der Waals surface area contributed by atoms with Gasteiger partial charge in [-0.25, -0.2) is 13.4 Å². The van der Waals surface area contributed by atoms with Crippen molar-refractivity contribution in [3.8, 4) is 0 Å². The summed E-state index contributed by atoms with van der Waals surface area (Å²) in [6.07, 6.45) is 6.51. The van der Waals surface area contributed by atoms with Crippen molar-refractivity contribution >= 4 is 27.5 Å². The van der Waals surface area contributed by atoms with E-state index < -0.39 is 9.84 Å². The number of hydrogen-bond donors (Lipinski definition) is 2. The van der Waals surface area contributed by atoms with Crippen LogP contribution in [0.1, 0.15) is 41.6 Å². The summed E-state index contributed by atoms with van der Waals surface area (Å²) < 4.78 is 23.1. The van der Waals surface area contributed by atoms with Crippen LogP contribution in [0.25, 0.3) is 0 Å². The minimum Gasteiger partial charge on any atom is -0.362 e. The van der Waals surface area contributed by atoms with E-state index in [1.54, 1.807) is 12.1 Å². The van der Waals surface area contributed by atoms with Gasteiger partial charge in [0.25, 0.3) is 5.91 Å². The topological polar surface area (TPSA) is 104 Å². The van der Waals surface area contributed by atoms with E-state index in [0.29, 0.717) is 11.5 Å². The van der Waals surface area contributed by atoms with Gasteiger partial charge in [-0.2, -0.15) is 4.98 Å². The van der Waals surface area contributed by atoms with E-state index in [0.717, 1.165) is 43.3 Å². The zero-order valence-electron chi connectivity index (χ0n) is 17.8. The summed E-state index contributed by atoms with van der Waals surface area (Å²) in [5, 5.41) is 6.47. The van der Waals surface area contributed by atoms with E-state index in [1.807, 2.05) is 32.1 Å². The van der Waals surface area contributed by atoms with Crippen LogP contribution in [0.2, 0.25) is 0 Å². The van der Waals surface area contributed by atoms with Gasteiger partial charge < -0.3 is 15.5 Å². The van der Waals surface area contributed by atoms with Crippen molar-refractivity contribution in [3.63, 3.8) is 0 Å². The molecule has 3 rings (SSSR count). The monoisotopic (exact) mass is 431 g/mol. The number of carbonyl (C=O) groups is 1. The summed E-state index contributed by atoms with van der Waals surface area (Å²) >= 11 is 0.